The third kappa shape index (κ3) is 4.05. The molecule has 2 aromatic heterocycles. The van der Waals surface area contributed by atoms with Crippen LogP contribution >= 0.6 is 0 Å². The quantitative estimate of drug-likeness (QED) is 0.448. The van der Waals surface area contributed by atoms with E-state index in [1.165, 1.54) is 24.3 Å². The molecule has 0 N–H and O–H groups in total. The molecule has 4 aromatic rings. The molecule has 0 aliphatic carbocycles. The van der Waals surface area contributed by atoms with Gasteiger partial charge in [-0.15, -0.1) is 0 Å². The Bertz CT molecular complexity index is 1160. The topological polar surface area (TPSA) is 60.5 Å². The van der Waals surface area contributed by atoms with E-state index in [0.29, 0.717) is 18.1 Å². The minimum atomic E-state index is -0.326. The van der Waals surface area contributed by atoms with Crippen LogP contribution in [0.1, 0.15) is 29.1 Å². The van der Waals surface area contributed by atoms with Crippen LogP contribution in [0.4, 0.5) is 4.39 Å². The van der Waals surface area contributed by atoms with Crippen LogP contribution in [0.5, 0.6) is 5.75 Å². The highest BCUT2D eigenvalue weighted by molar-refractivity contribution is 5.91. The molecular weight excluding hydrogens is 385 g/mol. The number of aromatic nitrogens is 2. The number of rotatable bonds is 7. The normalized spacial score (nSPS) is 11.0. The zero-order chi connectivity index (χ0) is 21.1. The van der Waals surface area contributed by atoms with E-state index >= 15 is 0 Å². The van der Waals surface area contributed by atoms with Gasteiger partial charge >= 0.3 is 0 Å². The Labute approximate surface area is 173 Å². The van der Waals surface area contributed by atoms with E-state index in [2.05, 4.69) is 16.5 Å². The van der Waals surface area contributed by atoms with Crippen molar-refractivity contribution >= 4 is 16.9 Å². The van der Waals surface area contributed by atoms with Crippen LogP contribution in [0.2, 0.25) is 0 Å². The molecule has 0 saturated heterocycles. The first-order chi connectivity index (χ1) is 14.5. The summed E-state index contributed by atoms with van der Waals surface area (Å²) in [5.41, 5.74) is 1.96. The van der Waals surface area contributed by atoms with Crippen molar-refractivity contribution in [1.29, 1.82) is 0 Å². The minimum absolute atomic E-state index is 0.147. The van der Waals surface area contributed by atoms with E-state index in [-0.39, 0.29) is 24.1 Å². The molecule has 0 unspecified atom stereocenters. The second-order valence-electron chi connectivity index (χ2n) is 6.93. The average Bonchev–Trinajstić information content (AvgIpc) is 3.36. The summed E-state index contributed by atoms with van der Waals surface area (Å²) >= 11 is 0. The van der Waals surface area contributed by atoms with Crippen LogP contribution in [-0.4, -0.2) is 27.4 Å². The van der Waals surface area contributed by atoms with Gasteiger partial charge in [-0.2, -0.15) is 0 Å². The van der Waals surface area contributed by atoms with Gasteiger partial charge in [0.25, 0.3) is 5.91 Å². The van der Waals surface area contributed by atoms with Gasteiger partial charge in [0.2, 0.25) is 0 Å². The molecule has 0 saturated carbocycles. The molecule has 0 bridgehead atoms. The number of hydrogen-bond donors (Lipinski definition) is 0. The van der Waals surface area contributed by atoms with E-state index < -0.39 is 0 Å². The summed E-state index contributed by atoms with van der Waals surface area (Å²) < 4.78 is 26.3. The number of aryl methyl sites for hydroxylation is 1. The van der Waals surface area contributed by atoms with Crippen LogP contribution in [0.3, 0.4) is 0 Å². The SMILES string of the molecule is CCn1c(CN(C)C(=O)c2ccc(COc3ccc(F)cc3)o2)nc2ccccc21. The second kappa shape index (κ2) is 8.41. The third-order valence-corrected chi connectivity index (χ3v) is 4.84. The first kappa shape index (κ1) is 19.7. The summed E-state index contributed by atoms with van der Waals surface area (Å²) in [7, 11) is 1.72. The first-order valence-electron chi connectivity index (χ1n) is 9.72. The Hall–Kier alpha value is -3.61. The van der Waals surface area contributed by atoms with Gasteiger partial charge < -0.3 is 18.6 Å². The van der Waals surface area contributed by atoms with E-state index in [1.807, 2.05) is 24.3 Å². The van der Waals surface area contributed by atoms with Crippen molar-refractivity contribution in [3.8, 4) is 5.75 Å². The lowest BCUT2D eigenvalue weighted by molar-refractivity contribution is 0.0744. The lowest BCUT2D eigenvalue weighted by atomic mass is 10.3. The van der Waals surface area contributed by atoms with Gasteiger partial charge in [-0.05, 0) is 55.5 Å². The number of fused-ring (bicyclic) bond motifs is 1. The lowest BCUT2D eigenvalue weighted by Gasteiger charge is -2.16. The summed E-state index contributed by atoms with van der Waals surface area (Å²) in [5.74, 6) is 1.52. The van der Waals surface area contributed by atoms with E-state index in [1.54, 1.807) is 24.1 Å². The smallest absolute Gasteiger partial charge is 0.289 e. The lowest BCUT2D eigenvalue weighted by Crippen LogP contribution is -2.27. The summed E-state index contributed by atoms with van der Waals surface area (Å²) in [4.78, 5) is 19.0. The van der Waals surface area contributed by atoms with Crippen LogP contribution in [0.15, 0.2) is 65.1 Å². The number of ether oxygens (including phenoxy) is 1. The van der Waals surface area contributed by atoms with Crippen LogP contribution in [0, 0.1) is 5.82 Å². The van der Waals surface area contributed by atoms with Gasteiger partial charge in [0, 0.05) is 13.6 Å². The van der Waals surface area contributed by atoms with Crippen molar-refractivity contribution < 1.29 is 18.3 Å². The minimum Gasteiger partial charge on any atom is -0.486 e. The highest BCUT2D eigenvalue weighted by Crippen LogP contribution is 2.19. The number of halogens is 1. The molecule has 0 radical (unpaired) electrons. The molecule has 154 valence electrons. The fourth-order valence-electron chi connectivity index (χ4n) is 3.33. The summed E-state index contributed by atoms with van der Waals surface area (Å²) in [6.07, 6.45) is 0. The van der Waals surface area contributed by atoms with Crippen molar-refractivity contribution in [2.75, 3.05) is 7.05 Å². The van der Waals surface area contributed by atoms with Gasteiger partial charge in [-0.3, -0.25) is 4.79 Å². The number of nitrogens with zero attached hydrogens (tertiary/aromatic N) is 3. The molecule has 0 spiro atoms. The monoisotopic (exact) mass is 407 g/mol. The number of imidazole rings is 1. The fraction of sp³-hybridized carbons (Fsp3) is 0.217. The number of benzene rings is 2. The summed E-state index contributed by atoms with van der Waals surface area (Å²) in [6, 6.07) is 17.0. The molecular formula is C23H22FN3O3. The zero-order valence-corrected chi connectivity index (χ0v) is 16.8. The summed E-state index contributed by atoms with van der Waals surface area (Å²) in [5, 5.41) is 0. The number of hydrogen-bond acceptors (Lipinski definition) is 4. The summed E-state index contributed by atoms with van der Waals surface area (Å²) in [6.45, 7) is 3.33. The Morgan fingerprint density at radius 3 is 2.67 bits per heavy atom. The Morgan fingerprint density at radius 1 is 1.13 bits per heavy atom. The number of carbonyl (C=O) groups excluding carboxylic acids is 1. The van der Waals surface area contributed by atoms with Gasteiger partial charge in [0.1, 0.15) is 29.8 Å². The number of furan rings is 1. The van der Waals surface area contributed by atoms with E-state index in [4.69, 9.17) is 9.15 Å². The zero-order valence-electron chi connectivity index (χ0n) is 16.8. The molecule has 0 aliphatic rings. The maximum Gasteiger partial charge on any atom is 0.289 e. The van der Waals surface area contributed by atoms with Gasteiger partial charge in [0.15, 0.2) is 5.76 Å². The van der Waals surface area contributed by atoms with Gasteiger partial charge in [-0.25, -0.2) is 9.37 Å². The molecule has 7 heteroatoms. The third-order valence-electron chi connectivity index (χ3n) is 4.84. The maximum atomic E-state index is 13.0. The second-order valence-corrected chi connectivity index (χ2v) is 6.93. The van der Waals surface area contributed by atoms with Gasteiger partial charge in [-0.1, -0.05) is 12.1 Å². The highest BCUT2D eigenvalue weighted by Gasteiger charge is 2.19. The molecule has 30 heavy (non-hydrogen) atoms. The van der Waals surface area contributed by atoms with Crippen molar-refractivity contribution in [1.82, 2.24) is 14.5 Å². The molecule has 0 fully saturated rings. The molecule has 6 nitrogen and oxygen atoms in total. The average molecular weight is 407 g/mol. The predicted octanol–water partition coefficient (Wildman–Crippen LogP) is 4.64. The first-order valence-corrected chi connectivity index (χ1v) is 9.72. The van der Waals surface area contributed by atoms with E-state index in [0.717, 1.165) is 23.4 Å². The molecule has 1 amide bonds. The fourth-order valence-corrected chi connectivity index (χ4v) is 3.33. The standard InChI is InChI=1S/C23H22FN3O3/c1-3-27-20-7-5-4-6-19(20)25-22(27)14-26(2)23(28)21-13-12-18(30-21)15-29-17-10-8-16(24)9-11-17/h4-13H,3,14-15H2,1-2H3. The van der Waals surface area contributed by atoms with Crippen molar-refractivity contribution in [2.45, 2.75) is 26.6 Å². The number of para-hydroxylation sites is 2. The molecule has 2 aromatic carbocycles. The largest absolute Gasteiger partial charge is 0.486 e. The molecule has 4 rings (SSSR count). The van der Waals surface area contributed by atoms with Crippen molar-refractivity contribution in [3.63, 3.8) is 0 Å². The van der Waals surface area contributed by atoms with Gasteiger partial charge in [0.05, 0.1) is 17.6 Å². The van der Waals surface area contributed by atoms with Crippen molar-refractivity contribution in [2.24, 2.45) is 0 Å². The van der Waals surface area contributed by atoms with Crippen LogP contribution in [0.25, 0.3) is 11.0 Å². The van der Waals surface area contributed by atoms with Crippen molar-refractivity contribution in [3.05, 3.63) is 83.8 Å². The Kier molecular flexibility index (Phi) is 5.52. The Balaban J connectivity index is 1.42. The number of amides is 1. The van der Waals surface area contributed by atoms with Crippen LogP contribution < -0.4 is 4.74 Å². The number of carbonyl (C=O) groups is 1. The molecule has 2 heterocycles. The Morgan fingerprint density at radius 2 is 1.90 bits per heavy atom. The highest BCUT2D eigenvalue weighted by atomic mass is 19.1. The van der Waals surface area contributed by atoms with E-state index in [9.17, 15) is 9.18 Å². The van der Waals surface area contributed by atoms with Crippen LogP contribution in [-0.2, 0) is 19.7 Å². The predicted molar refractivity (Wildman–Crippen MR) is 111 cm³/mol. The molecule has 0 atom stereocenters. The molecule has 0 aliphatic heterocycles. The maximum absolute atomic E-state index is 13.0.